The average Bonchev–Trinajstić information content (AvgIpc) is 3.04. The van der Waals surface area contributed by atoms with Crippen molar-refractivity contribution in [3.05, 3.63) is 94.2 Å². The number of nitrogens with zero attached hydrogens (tertiary/aromatic N) is 6. The third kappa shape index (κ3) is 7.31. The fraction of sp³-hybridized carbons (Fsp3) is 0.219. The van der Waals surface area contributed by atoms with Crippen molar-refractivity contribution in [2.75, 3.05) is 55.3 Å². The number of amides is 3. The molecule has 0 spiro atoms. The Morgan fingerprint density at radius 3 is 2.48 bits per heavy atom. The normalized spacial score (nSPS) is 12.8. The molecule has 0 atom stereocenters. The number of nitrogens with one attached hydrogen (secondary N) is 2. The molecule has 12 nitrogen and oxygen atoms in total. The molecule has 0 saturated carbocycles. The van der Waals surface area contributed by atoms with Crippen molar-refractivity contribution in [3.8, 4) is 11.5 Å². The number of likely N-dealkylation sites (N-methyl/N-ethyl adjacent to an activating group) is 1. The number of anilines is 5. The Morgan fingerprint density at radius 2 is 1.80 bits per heavy atom. The highest BCUT2D eigenvalue weighted by Crippen LogP contribution is 2.48. The zero-order chi connectivity index (χ0) is 32.8. The number of halogens is 2. The van der Waals surface area contributed by atoms with E-state index in [1.165, 1.54) is 30.1 Å². The van der Waals surface area contributed by atoms with E-state index >= 15 is 0 Å². The minimum absolute atomic E-state index is 0.0691. The number of carbonyl (C=O) groups excluding carboxylic acids is 2. The van der Waals surface area contributed by atoms with Crippen LogP contribution in [-0.2, 0) is 17.9 Å². The van der Waals surface area contributed by atoms with Gasteiger partial charge < -0.3 is 25.0 Å². The van der Waals surface area contributed by atoms with E-state index in [4.69, 9.17) is 37.7 Å². The lowest BCUT2D eigenvalue weighted by Gasteiger charge is -2.37. The number of benzene rings is 2. The van der Waals surface area contributed by atoms with Gasteiger partial charge in [0.2, 0.25) is 11.9 Å². The monoisotopic (exact) mass is 662 g/mol. The predicted molar refractivity (Wildman–Crippen MR) is 180 cm³/mol. The highest BCUT2D eigenvalue weighted by atomic mass is 35.5. The van der Waals surface area contributed by atoms with Crippen LogP contribution in [0.1, 0.15) is 11.1 Å². The van der Waals surface area contributed by atoms with Crippen molar-refractivity contribution in [2.45, 2.75) is 13.1 Å². The highest BCUT2D eigenvalue weighted by Gasteiger charge is 2.37. The smallest absolute Gasteiger partial charge is 0.330 e. The number of pyridine rings is 1. The van der Waals surface area contributed by atoms with Crippen molar-refractivity contribution in [3.63, 3.8) is 0 Å². The molecular formula is C32H32Cl2N8O4. The molecule has 0 bridgehead atoms. The molecule has 1 aliphatic heterocycles. The number of methoxy groups -OCH3 is 2. The van der Waals surface area contributed by atoms with Gasteiger partial charge in [0.25, 0.3) is 0 Å². The number of ether oxygens (including phenoxy) is 2. The van der Waals surface area contributed by atoms with Crippen molar-refractivity contribution in [1.82, 2.24) is 19.9 Å². The largest absolute Gasteiger partial charge is 0.495 e. The molecule has 3 amide bonds. The van der Waals surface area contributed by atoms with Gasteiger partial charge in [-0.2, -0.15) is 4.98 Å². The van der Waals surface area contributed by atoms with Crippen LogP contribution in [0.2, 0.25) is 10.0 Å². The predicted octanol–water partition coefficient (Wildman–Crippen LogP) is 6.14. The van der Waals surface area contributed by atoms with Gasteiger partial charge in [-0.1, -0.05) is 47.5 Å². The molecule has 46 heavy (non-hydrogen) atoms. The standard InChI is InChI=1S/C32H32Cl2N8O4/c1-40(2)14-8-12-26(43)37-22-10-7-9-20(15-22)18-42-30-21(17-36-31(39-30)38-25-11-5-6-13-35-25)19-41(32(42)44)29-27(33)23(45-3)16-24(46-4)28(29)34/h5-13,15-17H,14,18-19H2,1-4H3,(H,37,43)(H,35,36,38,39)/b12-8+. The maximum absolute atomic E-state index is 14.4. The van der Waals surface area contributed by atoms with Gasteiger partial charge in [-0.25, -0.2) is 14.8 Å². The van der Waals surface area contributed by atoms with E-state index < -0.39 is 6.03 Å². The maximum atomic E-state index is 14.4. The van der Waals surface area contributed by atoms with Crippen molar-refractivity contribution >= 4 is 64.1 Å². The average molecular weight is 664 g/mol. The second kappa shape index (κ2) is 14.5. The summed E-state index contributed by atoms with van der Waals surface area (Å²) in [4.78, 5) is 45.2. The van der Waals surface area contributed by atoms with Crippen LogP contribution in [-0.4, -0.2) is 66.6 Å². The summed E-state index contributed by atoms with van der Waals surface area (Å²) in [5.74, 6) is 1.50. The summed E-state index contributed by atoms with van der Waals surface area (Å²) >= 11 is 13.5. The number of hydrogen-bond acceptors (Lipinski definition) is 9. The van der Waals surface area contributed by atoms with Gasteiger partial charge in [0.15, 0.2) is 0 Å². The number of carbonyl (C=O) groups is 2. The number of aromatic nitrogens is 3. The summed E-state index contributed by atoms with van der Waals surface area (Å²) in [6.07, 6.45) is 6.54. The Labute approximate surface area is 276 Å². The molecule has 2 aromatic carbocycles. The highest BCUT2D eigenvalue weighted by molar-refractivity contribution is 6.42. The fourth-order valence-electron chi connectivity index (χ4n) is 4.74. The lowest BCUT2D eigenvalue weighted by Crippen LogP contribution is -2.48. The van der Waals surface area contributed by atoms with Gasteiger partial charge in [0, 0.05) is 42.3 Å². The van der Waals surface area contributed by atoms with Crippen LogP contribution in [0.4, 0.5) is 33.8 Å². The van der Waals surface area contributed by atoms with Crippen LogP contribution in [0.5, 0.6) is 11.5 Å². The lowest BCUT2D eigenvalue weighted by atomic mass is 10.1. The van der Waals surface area contributed by atoms with Crippen LogP contribution < -0.4 is 29.9 Å². The summed E-state index contributed by atoms with van der Waals surface area (Å²) in [6.45, 7) is 0.797. The minimum Gasteiger partial charge on any atom is -0.495 e. The molecule has 0 saturated heterocycles. The van der Waals surface area contributed by atoms with Gasteiger partial charge in [-0.05, 0) is 43.9 Å². The summed E-state index contributed by atoms with van der Waals surface area (Å²) < 4.78 is 10.9. The molecular weight excluding hydrogens is 631 g/mol. The Bertz CT molecular complexity index is 1740. The zero-order valence-corrected chi connectivity index (χ0v) is 27.1. The first kappa shape index (κ1) is 32.5. The van der Waals surface area contributed by atoms with Gasteiger partial charge in [-0.15, -0.1) is 0 Å². The third-order valence-electron chi connectivity index (χ3n) is 6.89. The summed E-state index contributed by atoms with van der Waals surface area (Å²) in [5, 5.41) is 6.24. The molecule has 2 N–H and O–H groups in total. The molecule has 2 aromatic heterocycles. The number of hydrogen-bond donors (Lipinski definition) is 2. The summed E-state index contributed by atoms with van der Waals surface area (Å²) in [5.41, 5.74) is 2.16. The van der Waals surface area contributed by atoms with Crippen LogP contribution in [0.3, 0.4) is 0 Å². The first-order valence-corrected chi connectivity index (χ1v) is 14.9. The number of fused-ring (bicyclic) bond motifs is 1. The van der Waals surface area contributed by atoms with E-state index in [0.29, 0.717) is 29.4 Å². The van der Waals surface area contributed by atoms with Gasteiger partial charge in [0.1, 0.15) is 33.2 Å². The van der Waals surface area contributed by atoms with Crippen LogP contribution in [0.15, 0.2) is 73.1 Å². The Morgan fingerprint density at radius 1 is 1.04 bits per heavy atom. The van der Waals surface area contributed by atoms with E-state index in [2.05, 4.69) is 20.6 Å². The SMILES string of the molecule is COc1cc(OC)c(Cl)c(N2Cc3cnc(Nc4ccccn4)nc3N(Cc3cccc(NC(=O)/C=C/CN(C)C)c3)C2=O)c1Cl. The van der Waals surface area contributed by atoms with Crippen LogP contribution in [0.25, 0.3) is 0 Å². The summed E-state index contributed by atoms with van der Waals surface area (Å²) in [7, 11) is 6.77. The van der Waals surface area contributed by atoms with E-state index in [0.717, 1.165) is 5.56 Å². The first-order valence-electron chi connectivity index (χ1n) is 14.1. The van der Waals surface area contributed by atoms with Crippen molar-refractivity contribution < 1.29 is 19.1 Å². The molecule has 0 fully saturated rings. The Kier molecular flexibility index (Phi) is 10.2. The lowest BCUT2D eigenvalue weighted by molar-refractivity contribution is -0.111. The van der Waals surface area contributed by atoms with Gasteiger partial charge in [0.05, 0.1) is 33.0 Å². The van der Waals surface area contributed by atoms with E-state index in [1.807, 2.05) is 31.1 Å². The van der Waals surface area contributed by atoms with Crippen LogP contribution in [0, 0.1) is 0 Å². The number of urea groups is 1. The maximum Gasteiger partial charge on any atom is 0.330 e. The van der Waals surface area contributed by atoms with Crippen molar-refractivity contribution in [2.24, 2.45) is 0 Å². The molecule has 0 aliphatic carbocycles. The molecule has 1 aliphatic rings. The molecule has 14 heteroatoms. The molecule has 0 unspecified atom stereocenters. The van der Waals surface area contributed by atoms with Crippen molar-refractivity contribution in [1.29, 1.82) is 0 Å². The zero-order valence-electron chi connectivity index (χ0n) is 25.6. The fourth-order valence-corrected chi connectivity index (χ4v) is 5.44. The molecule has 0 radical (unpaired) electrons. The molecule has 4 aromatic rings. The Balaban J connectivity index is 1.53. The van der Waals surface area contributed by atoms with Gasteiger partial charge in [-0.3, -0.25) is 14.6 Å². The minimum atomic E-state index is -0.449. The van der Waals surface area contributed by atoms with Crippen LogP contribution >= 0.6 is 23.2 Å². The summed E-state index contributed by atoms with van der Waals surface area (Å²) in [6, 6.07) is 13.8. The number of rotatable bonds is 11. The molecule has 5 rings (SSSR count). The quantitative estimate of drug-likeness (QED) is 0.182. The topological polar surface area (TPSA) is 125 Å². The van der Waals surface area contributed by atoms with E-state index in [9.17, 15) is 9.59 Å². The van der Waals surface area contributed by atoms with Gasteiger partial charge >= 0.3 is 6.03 Å². The Hall–Kier alpha value is -4.91. The third-order valence-corrected chi connectivity index (χ3v) is 7.62. The second-order valence-electron chi connectivity index (χ2n) is 10.4. The van der Waals surface area contributed by atoms with E-state index in [-0.39, 0.29) is 52.2 Å². The molecule has 238 valence electrons. The van der Waals surface area contributed by atoms with E-state index in [1.54, 1.807) is 54.9 Å². The first-order chi connectivity index (χ1) is 22.2. The second-order valence-corrected chi connectivity index (χ2v) is 11.2. The molecule has 3 heterocycles.